The summed E-state index contributed by atoms with van der Waals surface area (Å²) in [5, 5.41) is 0. The van der Waals surface area contributed by atoms with Gasteiger partial charge in [0.2, 0.25) is 5.78 Å². The molecule has 6 heteroatoms. The molecule has 0 fully saturated rings. The molecule has 0 N–H and O–H groups in total. The zero-order valence-electron chi connectivity index (χ0n) is 13.2. The number of aromatic nitrogens is 3. The molecule has 2 aliphatic carbocycles. The van der Waals surface area contributed by atoms with Gasteiger partial charge in [-0.05, 0) is 32.3 Å². The van der Waals surface area contributed by atoms with Crippen LogP contribution in [0.4, 0.5) is 0 Å². The van der Waals surface area contributed by atoms with E-state index in [4.69, 9.17) is 0 Å². The van der Waals surface area contributed by atoms with Gasteiger partial charge in [0.05, 0.1) is 28.3 Å². The lowest BCUT2D eigenvalue weighted by molar-refractivity contribution is 0.0811. The van der Waals surface area contributed by atoms with E-state index < -0.39 is 11.6 Å². The Labute approximate surface area is 132 Å². The minimum atomic E-state index is -0.630. The minimum absolute atomic E-state index is 0.0155. The van der Waals surface area contributed by atoms with Crippen molar-refractivity contribution in [2.24, 2.45) is 7.05 Å². The first-order chi connectivity index (χ1) is 10.9. The van der Waals surface area contributed by atoms with E-state index in [1.807, 2.05) is 6.92 Å². The van der Waals surface area contributed by atoms with Gasteiger partial charge in [0.15, 0.2) is 5.78 Å². The predicted octanol–water partition coefficient (Wildman–Crippen LogP) is 2.00. The van der Waals surface area contributed by atoms with E-state index in [0.29, 0.717) is 58.9 Å². The summed E-state index contributed by atoms with van der Waals surface area (Å²) < 4.78 is 1.72. The highest BCUT2D eigenvalue weighted by Crippen LogP contribution is 2.39. The Morgan fingerprint density at radius 2 is 1.52 bits per heavy atom. The number of carbonyl (C=O) groups is 3. The molecule has 0 saturated carbocycles. The maximum atomic E-state index is 12.6. The third-order valence-corrected chi connectivity index (χ3v) is 4.77. The second-order valence-corrected chi connectivity index (χ2v) is 6.14. The molecule has 0 saturated heterocycles. The van der Waals surface area contributed by atoms with Gasteiger partial charge in [-0.25, -0.2) is 9.97 Å². The van der Waals surface area contributed by atoms with E-state index in [1.165, 1.54) is 0 Å². The van der Waals surface area contributed by atoms with Gasteiger partial charge < -0.3 is 4.57 Å². The summed E-state index contributed by atoms with van der Waals surface area (Å²) in [6.07, 6.45) is 1.81. The first-order valence-corrected chi connectivity index (χ1v) is 7.61. The van der Waals surface area contributed by atoms with Crippen molar-refractivity contribution in [2.45, 2.75) is 33.1 Å². The van der Waals surface area contributed by atoms with Crippen LogP contribution in [0.2, 0.25) is 0 Å². The van der Waals surface area contributed by atoms with Crippen LogP contribution in [0.25, 0.3) is 11.4 Å². The van der Waals surface area contributed by atoms with Gasteiger partial charge in [0, 0.05) is 13.5 Å². The van der Waals surface area contributed by atoms with Gasteiger partial charge in [-0.15, -0.1) is 0 Å². The molecule has 0 bridgehead atoms. The Hall–Kier alpha value is -2.63. The first-order valence-electron chi connectivity index (χ1n) is 7.61. The predicted molar refractivity (Wildman–Crippen MR) is 81.8 cm³/mol. The second-order valence-electron chi connectivity index (χ2n) is 6.14. The largest absolute Gasteiger partial charge is 0.339 e. The maximum Gasteiger partial charge on any atom is 0.254 e. The van der Waals surface area contributed by atoms with E-state index in [0.717, 1.165) is 0 Å². The lowest BCUT2D eigenvalue weighted by Gasteiger charge is -2.16. The van der Waals surface area contributed by atoms with Crippen molar-refractivity contribution in [1.29, 1.82) is 0 Å². The van der Waals surface area contributed by atoms with Gasteiger partial charge in [-0.1, -0.05) is 0 Å². The van der Waals surface area contributed by atoms with E-state index in [2.05, 4.69) is 9.97 Å². The van der Waals surface area contributed by atoms with Crippen LogP contribution in [0.3, 0.4) is 0 Å². The molecule has 0 unspecified atom stereocenters. The zero-order valence-corrected chi connectivity index (χ0v) is 13.2. The van der Waals surface area contributed by atoms with Crippen molar-refractivity contribution < 1.29 is 14.4 Å². The molecule has 2 aromatic rings. The van der Waals surface area contributed by atoms with Crippen LogP contribution in [0.15, 0.2) is 0 Å². The normalized spacial score (nSPS) is 16.2. The molecule has 6 nitrogen and oxygen atoms in total. The fraction of sp³-hybridized carbons (Fsp3) is 0.353. The number of fused-ring (bicyclic) bond motifs is 5. The van der Waals surface area contributed by atoms with Crippen LogP contribution in [-0.4, -0.2) is 31.9 Å². The number of hydrogen-bond acceptors (Lipinski definition) is 5. The average Bonchev–Trinajstić information content (AvgIpc) is 2.81. The fourth-order valence-electron chi connectivity index (χ4n) is 3.56. The fourth-order valence-corrected chi connectivity index (χ4v) is 3.56. The van der Waals surface area contributed by atoms with Crippen molar-refractivity contribution in [3.8, 4) is 11.4 Å². The van der Waals surface area contributed by atoms with Crippen molar-refractivity contribution in [3.63, 3.8) is 0 Å². The van der Waals surface area contributed by atoms with Gasteiger partial charge in [0.25, 0.3) is 5.78 Å². The number of Topliss-reactive ketones (excluding diaryl/α,β-unsaturated/α-hetero) is 3. The summed E-state index contributed by atoms with van der Waals surface area (Å²) in [5.74, 6) is -1.19. The molecule has 0 atom stereocenters. The maximum absolute atomic E-state index is 12.6. The van der Waals surface area contributed by atoms with Crippen LogP contribution in [0.1, 0.15) is 61.1 Å². The summed E-state index contributed by atoms with van der Waals surface area (Å²) >= 11 is 0. The van der Waals surface area contributed by atoms with Crippen molar-refractivity contribution in [1.82, 2.24) is 14.5 Å². The van der Waals surface area contributed by atoms with Gasteiger partial charge >= 0.3 is 0 Å². The topological polar surface area (TPSA) is 81.9 Å². The van der Waals surface area contributed by atoms with E-state index in [-0.39, 0.29) is 11.5 Å². The lowest BCUT2D eigenvalue weighted by atomic mass is 9.87. The standard InChI is InChI=1S/C17H15N3O3/c1-7-8(2)19-13-12(18-7)15-11(16(22)17(13)23)9-5-4-6-10(21)14(9)20(15)3/h4-6H2,1-3H3. The molecule has 0 radical (unpaired) electrons. The van der Waals surface area contributed by atoms with Crippen LogP contribution < -0.4 is 0 Å². The minimum Gasteiger partial charge on any atom is -0.339 e. The summed E-state index contributed by atoms with van der Waals surface area (Å²) in [5.41, 5.74) is 3.99. The Balaban J connectivity index is 2.14. The summed E-state index contributed by atoms with van der Waals surface area (Å²) in [6, 6.07) is 0. The Morgan fingerprint density at radius 1 is 0.870 bits per heavy atom. The molecule has 0 aliphatic heterocycles. The van der Waals surface area contributed by atoms with Gasteiger partial charge in [-0.2, -0.15) is 0 Å². The van der Waals surface area contributed by atoms with Crippen molar-refractivity contribution in [3.05, 3.63) is 33.9 Å². The smallest absolute Gasteiger partial charge is 0.254 e. The molecule has 0 aromatic carbocycles. The van der Waals surface area contributed by atoms with Crippen molar-refractivity contribution in [2.75, 3.05) is 0 Å². The summed E-state index contributed by atoms with van der Waals surface area (Å²) in [7, 11) is 1.75. The molecule has 2 heterocycles. The van der Waals surface area contributed by atoms with Gasteiger partial charge in [-0.3, -0.25) is 14.4 Å². The first kappa shape index (κ1) is 14.0. The Bertz CT molecular complexity index is 937. The molecule has 116 valence electrons. The van der Waals surface area contributed by atoms with Crippen LogP contribution >= 0.6 is 0 Å². The van der Waals surface area contributed by atoms with Crippen molar-refractivity contribution >= 4 is 17.3 Å². The highest BCUT2D eigenvalue weighted by molar-refractivity contribution is 6.52. The molecule has 23 heavy (non-hydrogen) atoms. The quantitative estimate of drug-likeness (QED) is 0.695. The number of hydrogen-bond donors (Lipinski definition) is 0. The monoisotopic (exact) mass is 309 g/mol. The SMILES string of the molecule is Cc1nc2c(nc1C)-c1c(c3c(n1C)C(=O)CCC3)C(=O)C2=O. The van der Waals surface area contributed by atoms with E-state index in [9.17, 15) is 14.4 Å². The third-order valence-electron chi connectivity index (χ3n) is 4.77. The Kier molecular flexibility index (Phi) is 2.70. The van der Waals surface area contributed by atoms with Gasteiger partial charge in [0.1, 0.15) is 11.4 Å². The number of carbonyl (C=O) groups excluding carboxylic acids is 3. The zero-order chi connectivity index (χ0) is 16.5. The third kappa shape index (κ3) is 1.66. The van der Waals surface area contributed by atoms with E-state index in [1.54, 1.807) is 18.5 Å². The van der Waals surface area contributed by atoms with Crippen LogP contribution in [0, 0.1) is 13.8 Å². The Morgan fingerprint density at radius 3 is 2.22 bits per heavy atom. The molecule has 0 amide bonds. The average molecular weight is 309 g/mol. The number of rotatable bonds is 0. The molecule has 2 aromatic heterocycles. The molecule has 4 rings (SSSR count). The number of aryl methyl sites for hydroxylation is 2. The molecule has 2 aliphatic rings. The molecular weight excluding hydrogens is 294 g/mol. The highest BCUT2D eigenvalue weighted by atomic mass is 16.2. The summed E-state index contributed by atoms with van der Waals surface area (Å²) in [6.45, 7) is 3.58. The van der Waals surface area contributed by atoms with Crippen LogP contribution in [-0.2, 0) is 13.5 Å². The summed E-state index contributed by atoms with van der Waals surface area (Å²) in [4.78, 5) is 46.2. The number of ketones is 3. The molecular formula is C17H15N3O3. The second kappa shape index (κ2) is 4.44. The lowest BCUT2D eigenvalue weighted by Crippen LogP contribution is -2.25. The number of nitrogens with zero attached hydrogens (tertiary/aromatic N) is 3. The highest BCUT2D eigenvalue weighted by Gasteiger charge is 2.41. The molecule has 0 spiro atoms. The van der Waals surface area contributed by atoms with E-state index >= 15 is 0 Å². The van der Waals surface area contributed by atoms with Crippen LogP contribution in [0.5, 0.6) is 0 Å².